The minimum Gasteiger partial charge on any atom is -0.493 e. The summed E-state index contributed by atoms with van der Waals surface area (Å²) in [4.78, 5) is 15.2. The molecule has 0 amide bonds. The quantitative estimate of drug-likeness (QED) is 0.823. The highest BCUT2D eigenvalue weighted by atomic mass is 16.5. The Kier molecular flexibility index (Phi) is 6.24. The van der Waals surface area contributed by atoms with E-state index in [9.17, 15) is 4.79 Å². The molecular formula is C17H26N2O4. The van der Waals surface area contributed by atoms with Crippen molar-refractivity contribution in [2.45, 2.75) is 19.9 Å². The molecule has 1 aromatic rings. The monoisotopic (exact) mass is 322 g/mol. The fourth-order valence-electron chi connectivity index (χ4n) is 2.86. The van der Waals surface area contributed by atoms with E-state index < -0.39 is 5.97 Å². The van der Waals surface area contributed by atoms with Crippen molar-refractivity contribution < 1.29 is 19.4 Å². The minimum absolute atomic E-state index is 0.217. The van der Waals surface area contributed by atoms with Crippen LogP contribution in [0.25, 0.3) is 0 Å². The summed E-state index contributed by atoms with van der Waals surface area (Å²) in [7, 11) is 3.30. The van der Waals surface area contributed by atoms with E-state index in [1.54, 1.807) is 14.2 Å². The van der Waals surface area contributed by atoms with Crippen LogP contribution in [0, 0.1) is 6.92 Å². The molecule has 23 heavy (non-hydrogen) atoms. The first-order valence-corrected chi connectivity index (χ1v) is 7.91. The van der Waals surface area contributed by atoms with Gasteiger partial charge in [-0.1, -0.05) is 0 Å². The van der Waals surface area contributed by atoms with E-state index in [-0.39, 0.29) is 6.42 Å². The second-order valence-electron chi connectivity index (χ2n) is 5.90. The Bertz CT molecular complexity index is 540. The summed E-state index contributed by atoms with van der Waals surface area (Å²) in [5, 5.41) is 8.75. The number of rotatable bonds is 7. The van der Waals surface area contributed by atoms with Gasteiger partial charge in [0, 0.05) is 39.3 Å². The van der Waals surface area contributed by atoms with Crippen LogP contribution < -0.4 is 9.47 Å². The number of piperazine rings is 1. The van der Waals surface area contributed by atoms with Crippen LogP contribution >= 0.6 is 0 Å². The molecule has 0 spiro atoms. The van der Waals surface area contributed by atoms with E-state index in [1.165, 1.54) is 11.1 Å². The van der Waals surface area contributed by atoms with Crippen LogP contribution in [-0.2, 0) is 11.3 Å². The van der Waals surface area contributed by atoms with Gasteiger partial charge in [0.1, 0.15) is 0 Å². The zero-order valence-electron chi connectivity index (χ0n) is 14.2. The maximum Gasteiger partial charge on any atom is 0.304 e. The van der Waals surface area contributed by atoms with Gasteiger partial charge in [0.15, 0.2) is 11.5 Å². The molecule has 128 valence electrons. The number of carboxylic acids is 1. The van der Waals surface area contributed by atoms with Crippen LogP contribution in [-0.4, -0.2) is 67.8 Å². The zero-order chi connectivity index (χ0) is 16.8. The highest BCUT2D eigenvalue weighted by molar-refractivity contribution is 5.66. The number of carbonyl (C=O) groups is 1. The van der Waals surface area contributed by atoms with Gasteiger partial charge in [0.05, 0.1) is 20.6 Å². The number of aliphatic carboxylic acids is 1. The van der Waals surface area contributed by atoms with Crippen molar-refractivity contribution >= 4 is 5.97 Å². The standard InChI is InChI=1S/C17H26N2O4/c1-13-10-15(22-2)16(23-3)11-14(13)12-19-8-6-18(7-9-19)5-4-17(20)21/h10-11H,4-9,12H2,1-3H3,(H,20,21). The largest absolute Gasteiger partial charge is 0.493 e. The van der Waals surface area contributed by atoms with Crippen LogP contribution in [0.15, 0.2) is 12.1 Å². The smallest absolute Gasteiger partial charge is 0.304 e. The van der Waals surface area contributed by atoms with Gasteiger partial charge in [0.25, 0.3) is 0 Å². The first kappa shape index (κ1) is 17.6. The van der Waals surface area contributed by atoms with E-state index in [1.807, 2.05) is 12.1 Å². The molecule has 1 saturated heterocycles. The van der Waals surface area contributed by atoms with E-state index >= 15 is 0 Å². The molecule has 0 aliphatic carbocycles. The summed E-state index contributed by atoms with van der Waals surface area (Å²) in [5.41, 5.74) is 2.43. The van der Waals surface area contributed by atoms with Crippen LogP contribution in [0.1, 0.15) is 17.5 Å². The third-order valence-corrected chi connectivity index (χ3v) is 4.34. The molecule has 1 aliphatic rings. The SMILES string of the molecule is COc1cc(C)c(CN2CCN(CCC(=O)O)CC2)cc1OC. The van der Waals surface area contributed by atoms with E-state index in [0.717, 1.165) is 44.2 Å². The average molecular weight is 322 g/mol. The molecule has 0 atom stereocenters. The third-order valence-electron chi connectivity index (χ3n) is 4.34. The van der Waals surface area contributed by atoms with Crippen LogP contribution in [0.4, 0.5) is 0 Å². The Morgan fingerprint density at radius 3 is 2.22 bits per heavy atom. The Morgan fingerprint density at radius 2 is 1.65 bits per heavy atom. The molecule has 1 aromatic carbocycles. The number of benzene rings is 1. The average Bonchev–Trinajstić information content (AvgIpc) is 2.55. The minimum atomic E-state index is -0.728. The van der Waals surface area contributed by atoms with Crippen molar-refractivity contribution in [2.24, 2.45) is 0 Å². The van der Waals surface area contributed by atoms with Crippen molar-refractivity contribution in [2.75, 3.05) is 46.9 Å². The van der Waals surface area contributed by atoms with E-state index in [2.05, 4.69) is 16.7 Å². The molecule has 1 aliphatic heterocycles. The van der Waals surface area contributed by atoms with Crippen molar-refractivity contribution in [1.82, 2.24) is 9.80 Å². The zero-order valence-corrected chi connectivity index (χ0v) is 14.2. The lowest BCUT2D eigenvalue weighted by molar-refractivity contribution is -0.137. The molecule has 0 saturated carbocycles. The number of methoxy groups -OCH3 is 2. The molecule has 1 fully saturated rings. The van der Waals surface area contributed by atoms with Crippen molar-refractivity contribution in [3.63, 3.8) is 0 Å². The van der Waals surface area contributed by atoms with Gasteiger partial charge in [-0.15, -0.1) is 0 Å². The molecule has 1 heterocycles. The number of carboxylic acid groups (broad SMARTS) is 1. The van der Waals surface area contributed by atoms with Gasteiger partial charge in [-0.25, -0.2) is 0 Å². The van der Waals surface area contributed by atoms with Gasteiger partial charge < -0.3 is 19.5 Å². The molecule has 0 bridgehead atoms. The fraction of sp³-hybridized carbons (Fsp3) is 0.588. The fourth-order valence-corrected chi connectivity index (χ4v) is 2.86. The topological polar surface area (TPSA) is 62.2 Å². The maximum atomic E-state index is 10.6. The third kappa shape index (κ3) is 4.84. The lowest BCUT2D eigenvalue weighted by Gasteiger charge is -2.34. The van der Waals surface area contributed by atoms with Crippen molar-refractivity contribution in [1.29, 1.82) is 0 Å². The number of hydrogen-bond donors (Lipinski definition) is 1. The number of hydrogen-bond acceptors (Lipinski definition) is 5. The molecule has 6 nitrogen and oxygen atoms in total. The summed E-state index contributed by atoms with van der Waals surface area (Å²) >= 11 is 0. The maximum absolute atomic E-state index is 10.6. The summed E-state index contributed by atoms with van der Waals surface area (Å²) in [5.74, 6) is 0.786. The number of nitrogens with zero attached hydrogens (tertiary/aromatic N) is 2. The summed E-state index contributed by atoms with van der Waals surface area (Å²) < 4.78 is 10.7. The van der Waals surface area contributed by atoms with Crippen molar-refractivity contribution in [3.8, 4) is 11.5 Å². The molecule has 6 heteroatoms. The normalized spacial score (nSPS) is 16.3. The van der Waals surface area contributed by atoms with Gasteiger partial charge in [-0.3, -0.25) is 9.69 Å². The Labute approximate surface area is 137 Å². The van der Waals surface area contributed by atoms with Gasteiger partial charge >= 0.3 is 5.97 Å². The first-order valence-electron chi connectivity index (χ1n) is 7.91. The van der Waals surface area contributed by atoms with Gasteiger partial charge in [-0.2, -0.15) is 0 Å². The highest BCUT2D eigenvalue weighted by Gasteiger charge is 2.19. The second kappa shape index (κ2) is 8.17. The molecular weight excluding hydrogens is 296 g/mol. The lowest BCUT2D eigenvalue weighted by atomic mass is 10.1. The Hall–Kier alpha value is -1.79. The predicted octanol–water partition coefficient (Wildman–Crippen LogP) is 1.60. The first-order chi connectivity index (χ1) is 11.0. The summed E-state index contributed by atoms with van der Waals surface area (Å²) in [6.07, 6.45) is 0.217. The second-order valence-corrected chi connectivity index (χ2v) is 5.90. The Balaban J connectivity index is 1.92. The summed E-state index contributed by atoms with van der Waals surface area (Å²) in [6, 6.07) is 4.06. The summed E-state index contributed by atoms with van der Waals surface area (Å²) in [6.45, 7) is 7.33. The molecule has 1 N–H and O–H groups in total. The van der Waals surface area contributed by atoms with E-state index in [0.29, 0.717) is 6.54 Å². The number of aryl methyl sites for hydroxylation is 1. The molecule has 0 unspecified atom stereocenters. The van der Waals surface area contributed by atoms with E-state index in [4.69, 9.17) is 14.6 Å². The highest BCUT2D eigenvalue weighted by Crippen LogP contribution is 2.30. The van der Waals surface area contributed by atoms with Gasteiger partial charge in [-0.05, 0) is 30.2 Å². The van der Waals surface area contributed by atoms with Crippen LogP contribution in [0.2, 0.25) is 0 Å². The predicted molar refractivity (Wildman–Crippen MR) is 88.3 cm³/mol. The van der Waals surface area contributed by atoms with Gasteiger partial charge in [0.2, 0.25) is 0 Å². The number of ether oxygens (including phenoxy) is 2. The molecule has 0 radical (unpaired) electrons. The molecule has 2 rings (SSSR count). The lowest BCUT2D eigenvalue weighted by Crippen LogP contribution is -2.46. The van der Waals surface area contributed by atoms with Crippen LogP contribution in [0.3, 0.4) is 0 Å². The Morgan fingerprint density at radius 1 is 1.09 bits per heavy atom. The van der Waals surface area contributed by atoms with Crippen LogP contribution in [0.5, 0.6) is 11.5 Å². The van der Waals surface area contributed by atoms with Crippen molar-refractivity contribution in [3.05, 3.63) is 23.3 Å². The molecule has 0 aromatic heterocycles.